The SMILES string of the molecule is CN(C)c1ccc(C2Nc3ccc4ccccc4c3C3=C2C(=O)CC(C)(C)C3)cc1[N+](=O)[O-]. The zero-order valence-corrected chi connectivity index (χ0v) is 19.3. The Labute approximate surface area is 193 Å². The van der Waals surface area contributed by atoms with Crippen molar-refractivity contribution >= 4 is 39.2 Å². The van der Waals surface area contributed by atoms with Gasteiger partial charge in [0.05, 0.1) is 11.0 Å². The van der Waals surface area contributed by atoms with Gasteiger partial charge in [-0.3, -0.25) is 14.9 Å². The quantitative estimate of drug-likeness (QED) is 0.391. The van der Waals surface area contributed by atoms with Crippen molar-refractivity contribution in [3.8, 4) is 0 Å². The third-order valence-electron chi connectivity index (χ3n) is 6.75. The monoisotopic (exact) mass is 441 g/mol. The number of nitro groups is 1. The van der Waals surface area contributed by atoms with E-state index >= 15 is 0 Å². The first-order chi connectivity index (χ1) is 15.7. The molecule has 2 aliphatic rings. The number of benzene rings is 3. The highest BCUT2D eigenvalue weighted by Gasteiger charge is 2.41. The molecule has 0 spiro atoms. The molecule has 0 saturated heterocycles. The molecule has 6 heteroatoms. The second-order valence-corrected chi connectivity index (χ2v) is 10.0. The molecule has 0 bridgehead atoms. The van der Waals surface area contributed by atoms with Crippen LogP contribution in [0.2, 0.25) is 0 Å². The van der Waals surface area contributed by atoms with E-state index < -0.39 is 6.04 Å². The summed E-state index contributed by atoms with van der Waals surface area (Å²) in [7, 11) is 3.57. The Balaban J connectivity index is 1.76. The molecular formula is C27H27N3O3. The van der Waals surface area contributed by atoms with Gasteiger partial charge in [0.1, 0.15) is 5.69 Å². The average Bonchev–Trinajstić information content (AvgIpc) is 2.76. The summed E-state index contributed by atoms with van der Waals surface area (Å²) in [5.74, 6) is 0.108. The Morgan fingerprint density at radius 3 is 2.55 bits per heavy atom. The number of Topliss-reactive ketones (excluding diaryl/α,β-unsaturated/α-hetero) is 1. The molecule has 1 aliphatic heterocycles. The van der Waals surface area contributed by atoms with E-state index in [4.69, 9.17) is 0 Å². The minimum Gasteiger partial charge on any atom is -0.373 e. The Morgan fingerprint density at radius 1 is 1.06 bits per heavy atom. The topological polar surface area (TPSA) is 75.5 Å². The van der Waals surface area contributed by atoms with Crippen molar-refractivity contribution in [2.45, 2.75) is 32.7 Å². The summed E-state index contributed by atoms with van der Waals surface area (Å²) in [5.41, 5.74) is 5.00. The van der Waals surface area contributed by atoms with Crippen molar-refractivity contribution in [1.82, 2.24) is 0 Å². The lowest BCUT2D eigenvalue weighted by Crippen LogP contribution is -2.33. The van der Waals surface area contributed by atoms with Gasteiger partial charge in [0.25, 0.3) is 5.69 Å². The van der Waals surface area contributed by atoms with Gasteiger partial charge in [0.2, 0.25) is 0 Å². The van der Waals surface area contributed by atoms with Crippen molar-refractivity contribution in [2.24, 2.45) is 5.41 Å². The molecule has 0 aromatic heterocycles. The largest absolute Gasteiger partial charge is 0.373 e. The zero-order valence-electron chi connectivity index (χ0n) is 19.3. The summed E-state index contributed by atoms with van der Waals surface area (Å²) in [6.45, 7) is 4.26. The molecule has 0 radical (unpaired) electrons. The number of nitrogens with one attached hydrogen (secondary N) is 1. The molecule has 168 valence electrons. The third kappa shape index (κ3) is 3.46. The molecule has 0 fully saturated rings. The van der Waals surface area contributed by atoms with Gasteiger partial charge in [-0.25, -0.2) is 0 Å². The number of fused-ring (bicyclic) bond motifs is 4. The van der Waals surface area contributed by atoms with Crippen molar-refractivity contribution in [3.63, 3.8) is 0 Å². The van der Waals surface area contributed by atoms with Crippen LogP contribution in [0.15, 0.2) is 60.2 Å². The van der Waals surface area contributed by atoms with Gasteiger partial charge in [0, 0.05) is 43.4 Å². The van der Waals surface area contributed by atoms with Crippen LogP contribution in [-0.4, -0.2) is 24.8 Å². The van der Waals surface area contributed by atoms with Gasteiger partial charge in [-0.2, -0.15) is 0 Å². The summed E-state index contributed by atoms with van der Waals surface area (Å²) >= 11 is 0. The van der Waals surface area contributed by atoms with Gasteiger partial charge < -0.3 is 10.2 Å². The molecule has 6 nitrogen and oxygen atoms in total. The number of hydrogen-bond acceptors (Lipinski definition) is 5. The van der Waals surface area contributed by atoms with Gasteiger partial charge in [-0.1, -0.05) is 50.2 Å². The van der Waals surface area contributed by atoms with E-state index in [-0.39, 0.29) is 21.8 Å². The summed E-state index contributed by atoms with van der Waals surface area (Å²) < 4.78 is 0. The van der Waals surface area contributed by atoms with Gasteiger partial charge >= 0.3 is 0 Å². The van der Waals surface area contributed by atoms with E-state index in [2.05, 4.69) is 43.4 Å². The van der Waals surface area contributed by atoms with Crippen LogP contribution in [-0.2, 0) is 4.79 Å². The molecule has 1 heterocycles. The summed E-state index contributed by atoms with van der Waals surface area (Å²) in [5, 5.41) is 17.6. The molecular weight excluding hydrogens is 414 g/mol. The van der Waals surface area contributed by atoms with E-state index in [1.165, 1.54) is 0 Å². The number of rotatable bonds is 3. The van der Waals surface area contributed by atoms with Crippen molar-refractivity contribution in [1.29, 1.82) is 0 Å². The molecule has 3 aromatic carbocycles. The Kier molecular flexibility index (Phi) is 4.78. The van der Waals surface area contributed by atoms with Crippen LogP contribution in [0.1, 0.15) is 43.9 Å². The van der Waals surface area contributed by atoms with Crippen molar-refractivity contribution in [2.75, 3.05) is 24.3 Å². The van der Waals surface area contributed by atoms with Crippen molar-refractivity contribution < 1.29 is 9.72 Å². The Bertz CT molecular complexity index is 1350. The third-order valence-corrected chi connectivity index (χ3v) is 6.75. The number of carbonyl (C=O) groups is 1. The number of carbonyl (C=O) groups excluding carboxylic acids is 1. The lowest BCUT2D eigenvalue weighted by Gasteiger charge is -2.40. The highest BCUT2D eigenvalue weighted by molar-refractivity contribution is 6.12. The minimum atomic E-state index is -0.424. The van der Waals surface area contributed by atoms with Crippen LogP contribution in [0.5, 0.6) is 0 Å². The molecule has 33 heavy (non-hydrogen) atoms. The maximum atomic E-state index is 13.5. The first-order valence-corrected chi connectivity index (χ1v) is 11.2. The second kappa shape index (κ2) is 7.44. The first-order valence-electron chi connectivity index (χ1n) is 11.2. The summed E-state index contributed by atoms with van der Waals surface area (Å²) in [6, 6.07) is 17.2. The zero-order chi connectivity index (χ0) is 23.5. The van der Waals surface area contributed by atoms with E-state index in [1.807, 2.05) is 18.2 Å². The molecule has 0 amide bonds. The second-order valence-electron chi connectivity index (χ2n) is 10.0. The molecule has 1 aliphatic carbocycles. The Morgan fingerprint density at radius 2 is 1.82 bits per heavy atom. The maximum absolute atomic E-state index is 13.5. The van der Waals surface area contributed by atoms with E-state index in [0.29, 0.717) is 12.1 Å². The van der Waals surface area contributed by atoms with Gasteiger partial charge in [-0.05, 0) is 45.9 Å². The van der Waals surface area contributed by atoms with Crippen LogP contribution in [0.4, 0.5) is 17.1 Å². The van der Waals surface area contributed by atoms with Gasteiger partial charge in [0.15, 0.2) is 5.78 Å². The van der Waals surface area contributed by atoms with Gasteiger partial charge in [-0.15, -0.1) is 0 Å². The molecule has 5 rings (SSSR count). The number of anilines is 2. The van der Waals surface area contributed by atoms with Crippen LogP contribution >= 0.6 is 0 Å². The first kappa shape index (κ1) is 21.2. The number of allylic oxidation sites excluding steroid dienone is 1. The predicted molar refractivity (Wildman–Crippen MR) is 133 cm³/mol. The van der Waals surface area contributed by atoms with Crippen LogP contribution in [0.3, 0.4) is 0 Å². The van der Waals surface area contributed by atoms with Crippen LogP contribution in [0, 0.1) is 15.5 Å². The molecule has 1 atom stereocenters. The standard InChI is InChI=1S/C27H27N3O3/c1-27(2)14-19-24-18-8-6-5-7-16(18)9-11-20(24)28-26(25(19)23(31)15-27)17-10-12-21(29(3)4)22(13-17)30(32)33/h5-13,26,28H,14-15H2,1-4H3. The normalized spacial score (nSPS) is 19.0. The van der Waals surface area contributed by atoms with E-state index in [9.17, 15) is 14.9 Å². The summed E-state index contributed by atoms with van der Waals surface area (Å²) in [4.78, 5) is 26.7. The average molecular weight is 442 g/mol. The number of nitrogens with zero attached hydrogens (tertiary/aromatic N) is 2. The van der Waals surface area contributed by atoms with Crippen molar-refractivity contribution in [3.05, 3.63) is 81.4 Å². The van der Waals surface area contributed by atoms with Crippen LogP contribution in [0.25, 0.3) is 16.3 Å². The lowest BCUT2D eigenvalue weighted by molar-refractivity contribution is -0.384. The van der Waals surface area contributed by atoms with E-state index in [1.54, 1.807) is 31.1 Å². The lowest BCUT2D eigenvalue weighted by atomic mass is 9.68. The maximum Gasteiger partial charge on any atom is 0.292 e. The Hall–Kier alpha value is -3.67. The fourth-order valence-electron chi connectivity index (χ4n) is 5.33. The number of hydrogen-bond donors (Lipinski definition) is 1. The minimum absolute atomic E-state index is 0.0364. The van der Waals surface area contributed by atoms with E-state index in [0.717, 1.165) is 45.2 Å². The molecule has 1 N–H and O–H groups in total. The summed E-state index contributed by atoms with van der Waals surface area (Å²) in [6.07, 6.45) is 1.24. The fourth-order valence-corrected chi connectivity index (χ4v) is 5.33. The fraction of sp³-hybridized carbons (Fsp3) is 0.296. The van der Waals surface area contributed by atoms with Crippen LogP contribution < -0.4 is 10.2 Å². The highest BCUT2D eigenvalue weighted by Crippen LogP contribution is 2.52. The molecule has 1 unspecified atom stereocenters. The smallest absolute Gasteiger partial charge is 0.292 e. The predicted octanol–water partition coefficient (Wildman–Crippen LogP) is 6.12. The molecule has 3 aromatic rings. The number of nitro benzene ring substituents is 1. The molecule has 0 saturated carbocycles. The highest BCUT2D eigenvalue weighted by atomic mass is 16.6. The number of ketones is 1.